The fourth-order valence-electron chi connectivity index (χ4n) is 1.78. The van der Waals surface area contributed by atoms with Gasteiger partial charge >= 0.3 is 10.5 Å². The Kier molecular flexibility index (Phi) is 5.49. The summed E-state index contributed by atoms with van der Waals surface area (Å²) in [5.41, 5.74) is -1.53. The van der Waals surface area contributed by atoms with Gasteiger partial charge in [-0.15, -0.1) is 4.36 Å². The summed E-state index contributed by atoms with van der Waals surface area (Å²) in [4.78, 5) is 26.8. The van der Waals surface area contributed by atoms with Gasteiger partial charge in [-0.05, 0) is 24.3 Å². The molecule has 0 fully saturated rings. The molecule has 130 valence electrons. The van der Waals surface area contributed by atoms with E-state index >= 15 is 0 Å². The normalized spacial score (nSPS) is 10.0. The van der Waals surface area contributed by atoms with Crippen LogP contribution >= 0.6 is 0 Å². The Hall–Kier alpha value is -3.21. The molecule has 0 aliphatic carbocycles. The summed E-state index contributed by atoms with van der Waals surface area (Å²) in [6, 6.07) is 4.20. The Morgan fingerprint density at radius 2 is 1.84 bits per heavy atom. The van der Waals surface area contributed by atoms with E-state index in [1.807, 2.05) is 5.32 Å². The van der Waals surface area contributed by atoms with Gasteiger partial charge < -0.3 is 10.6 Å². The van der Waals surface area contributed by atoms with Crippen molar-refractivity contribution in [3.63, 3.8) is 0 Å². The van der Waals surface area contributed by atoms with E-state index in [1.54, 1.807) is 0 Å². The number of benzene rings is 1. The minimum absolute atomic E-state index is 0.0392. The van der Waals surface area contributed by atoms with Gasteiger partial charge in [-0.25, -0.2) is 13.8 Å². The molecule has 0 aliphatic rings. The smallest absolute Gasteiger partial charge is 0.316 e. The molecule has 2 amide bonds. The number of carbonyl (C=O) groups is 2. The van der Waals surface area contributed by atoms with Crippen molar-refractivity contribution in [1.82, 2.24) is 4.98 Å². The van der Waals surface area contributed by atoms with Crippen LogP contribution in [0.5, 0.6) is 0 Å². The monoisotopic (exact) mass is 368 g/mol. The second-order valence-corrected chi connectivity index (χ2v) is 5.25. The molecular weight excluding hydrogens is 358 g/mol. The summed E-state index contributed by atoms with van der Waals surface area (Å²) in [6.45, 7) is 1.28. The number of nitrogens with zero attached hydrogens (tertiary/aromatic N) is 2. The van der Waals surface area contributed by atoms with Crippen molar-refractivity contribution in [3.8, 4) is 0 Å². The zero-order chi connectivity index (χ0) is 18.6. The van der Waals surface area contributed by atoms with E-state index in [0.29, 0.717) is 0 Å². The van der Waals surface area contributed by atoms with Gasteiger partial charge in [-0.1, -0.05) is 0 Å². The molecule has 0 radical (unpaired) electrons. The Balaban J connectivity index is 2.28. The Bertz CT molecular complexity index is 967. The first-order valence-corrected chi connectivity index (χ1v) is 7.65. The average Bonchev–Trinajstić information content (AvgIpc) is 2.54. The highest BCUT2D eigenvalue weighted by atomic mass is 32.2. The maximum Gasteiger partial charge on any atom is 0.316 e. The number of hydrogen-bond acceptors (Lipinski definition) is 6. The third kappa shape index (κ3) is 4.64. The highest BCUT2D eigenvalue weighted by Gasteiger charge is 2.17. The van der Waals surface area contributed by atoms with Crippen molar-refractivity contribution in [3.05, 3.63) is 47.7 Å². The standard InChI is InChI=1S/C14H10F2N4O4S/c1-7(21)18-11-5-2-8(6-17-11)14(22)19-13-9(15)3-4-10(12(13)16)20-25(23)24/h2-6H,1H3,(H,19,22)(H,17,18,21). The van der Waals surface area contributed by atoms with Gasteiger partial charge in [0.25, 0.3) is 5.91 Å². The molecule has 0 aliphatic heterocycles. The molecule has 1 aromatic heterocycles. The summed E-state index contributed by atoms with van der Waals surface area (Å²) in [5.74, 6) is -3.49. The van der Waals surface area contributed by atoms with E-state index in [0.717, 1.165) is 18.3 Å². The van der Waals surface area contributed by atoms with Crippen LogP contribution in [0.2, 0.25) is 0 Å². The van der Waals surface area contributed by atoms with Gasteiger partial charge in [-0.2, -0.15) is 8.42 Å². The van der Waals surface area contributed by atoms with E-state index in [4.69, 9.17) is 0 Å². The molecule has 0 bridgehead atoms. The van der Waals surface area contributed by atoms with Crippen LogP contribution < -0.4 is 10.6 Å². The SMILES string of the molecule is CC(=O)Nc1ccc(C(=O)Nc2c(F)ccc(N=S(=O)=O)c2F)cn1. The van der Waals surface area contributed by atoms with Crippen LogP contribution in [0.25, 0.3) is 0 Å². The molecule has 0 saturated heterocycles. The second kappa shape index (κ2) is 7.57. The number of halogens is 2. The Labute approximate surface area is 141 Å². The Morgan fingerprint density at radius 1 is 1.12 bits per heavy atom. The lowest BCUT2D eigenvalue weighted by Crippen LogP contribution is -2.15. The summed E-state index contributed by atoms with van der Waals surface area (Å²) in [6.07, 6.45) is 1.09. The zero-order valence-corrected chi connectivity index (χ0v) is 13.4. The van der Waals surface area contributed by atoms with Crippen molar-refractivity contribution in [1.29, 1.82) is 0 Å². The summed E-state index contributed by atoms with van der Waals surface area (Å²) < 4.78 is 51.8. The van der Waals surface area contributed by atoms with Crippen LogP contribution in [0.3, 0.4) is 0 Å². The number of aromatic nitrogens is 1. The van der Waals surface area contributed by atoms with Gasteiger partial charge in [0.05, 0.1) is 5.56 Å². The van der Waals surface area contributed by atoms with Gasteiger partial charge in [0.1, 0.15) is 23.0 Å². The summed E-state index contributed by atoms with van der Waals surface area (Å²) >= 11 is 0. The molecule has 11 heteroatoms. The van der Waals surface area contributed by atoms with Crippen LogP contribution in [0.1, 0.15) is 17.3 Å². The minimum atomic E-state index is -2.94. The molecule has 1 aromatic carbocycles. The van der Waals surface area contributed by atoms with Crippen molar-refractivity contribution >= 4 is 39.5 Å². The number of hydrogen-bond donors (Lipinski definition) is 2. The largest absolute Gasteiger partial charge is 0.317 e. The molecule has 1 heterocycles. The van der Waals surface area contributed by atoms with Gasteiger partial charge in [0.2, 0.25) is 5.91 Å². The molecule has 2 N–H and O–H groups in total. The van der Waals surface area contributed by atoms with Gasteiger partial charge in [-0.3, -0.25) is 9.59 Å². The molecule has 25 heavy (non-hydrogen) atoms. The lowest BCUT2D eigenvalue weighted by atomic mass is 10.2. The number of amides is 2. The third-order valence-corrected chi connectivity index (χ3v) is 3.16. The first-order valence-electron chi connectivity index (χ1n) is 6.62. The van der Waals surface area contributed by atoms with Crippen LogP contribution in [0, 0.1) is 11.6 Å². The van der Waals surface area contributed by atoms with Crippen molar-refractivity contribution in [2.75, 3.05) is 10.6 Å². The molecule has 0 atom stereocenters. The fraction of sp³-hybridized carbons (Fsp3) is 0.0714. The van der Waals surface area contributed by atoms with E-state index in [9.17, 15) is 26.8 Å². The van der Waals surface area contributed by atoms with Crippen molar-refractivity contribution in [2.45, 2.75) is 6.92 Å². The molecule has 8 nitrogen and oxygen atoms in total. The lowest BCUT2D eigenvalue weighted by molar-refractivity contribution is -0.114. The molecule has 0 saturated carbocycles. The summed E-state index contributed by atoms with van der Waals surface area (Å²) in [5, 5.41) is 4.38. The maximum atomic E-state index is 14.1. The lowest BCUT2D eigenvalue weighted by Gasteiger charge is -2.09. The van der Waals surface area contributed by atoms with Crippen LogP contribution in [0.15, 0.2) is 34.8 Å². The van der Waals surface area contributed by atoms with Crippen molar-refractivity contribution < 1.29 is 26.8 Å². The predicted molar refractivity (Wildman–Crippen MR) is 83.9 cm³/mol. The third-order valence-electron chi connectivity index (χ3n) is 2.81. The highest BCUT2D eigenvalue weighted by molar-refractivity contribution is 7.61. The predicted octanol–water partition coefficient (Wildman–Crippen LogP) is 2.26. The quantitative estimate of drug-likeness (QED) is 0.858. The second-order valence-electron chi connectivity index (χ2n) is 4.63. The summed E-state index contributed by atoms with van der Waals surface area (Å²) in [7, 11) is -2.94. The van der Waals surface area contributed by atoms with E-state index in [-0.39, 0.29) is 17.3 Å². The molecule has 2 aromatic rings. The number of carbonyl (C=O) groups excluding carboxylic acids is 2. The first kappa shape index (κ1) is 18.1. The van der Waals surface area contributed by atoms with Crippen molar-refractivity contribution in [2.24, 2.45) is 4.36 Å². The van der Waals surface area contributed by atoms with Crippen LogP contribution in [-0.2, 0) is 15.3 Å². The zero-order valence-electron chi connectivity index (χ0n) is 12.6. The number of rotatable bonds is 4. The van der Waals surface area contributed by atoms with E-state index in [2.05, 4.69) is 14.7 Å². The minimum Gasteiger partial charge on any atom is -0.317 e. The molecule has 2 rings (SSSR count). The Morgan fingerprint density at radius 3 is 2.40 bits per heavy atom. The fourth-order valence-corrected chi connectivity index (χ4v) is 2.08. The molecule has 0 spiro atoms. The first-order chi connectivity index (χ1) is 11.8. The number of nitrogens with one attached hydrogen (secondary N) is 2. The maximum absolute atomic E-state index is 14.1. The highest BCUT2D eigenvalue weighted by Crippen LogP contribution is 2.28. The molecular formula is C14H10F2N4O4S. The van der Waals surface area contributed by atoms with E-state index < -0.39 is 39.4 Å². The van der Waals surface area contributed by atoms with E-state index in [1.165, 1.54) is 19.1 Å². The molecule has 0 unspecified atom stereocenters. The average molecular weight is 368 g/mol. The topological polar surface area (TPSA) is 118 Å². The van der Waals surface area contributed by atoms with Crippen LogP contribution in [-0.4, -0.2) is 25.2 Å². The van der Waals surface area contributed by atoms with Crippen LogP contribution in [0.4, 0.5) is 26.0 Å². The number of pyridine rings is 1. The van der Waals surface area contributed by atoms with Gasteiger partial charge in [0.15, 0.2) is 5.82 Å². The number of anilines is 2. The van der Waals surface area contributed by atoms with Gasteiger partial charge in [0, 0.05) is 13.1 Å².